The number of piperidine rings is 1. The Bertz CT molecular complexity index is 1020. The van der Waals surface area contributed by atoms with E-state index in [4.69, 9.17) is 14.7 Å². The van der Waals surface area contributed by atoms with E-state index in [0.717, 1.165) is 36.3 Å². The molecule has 3 heterocycles. The second kappa shape index (κ2) is 9.14. The summed E-state index contributed by atoms with van der Waals surface area (Å²) in [6.07, 6.45) is 3.52. The Hall–Kier alpha value is -3.16. The molecule has 2 aromatic rings. The minimum absolute atomic E-state index is 0.0240. The van der Waals surface area contributed by atoms with Crippen LogP contribution in [0.4, 0.5) is 5.82 Å². The van der Waals surface area contributed by atoms with Crippen molar-refractivity contribution in [1.82, 2.24) is 19.8 Å². The van der Waals surface area contributed by atoms with Gasteiger partial charge in [0.15, 0.2) is 5.82 Å². The van der Waals surface area contributed by atoms with Gasteiger partial charge in [-0.3, -0.25) is 9.59 Å². The fourth-order valence-electron chi connectivity index (χ4n) is 4.57. The molecule has 0 bridgehead atoms. The van der Waals surface area contributed by atoms with Crippen LogP contribution in [0.2, 0.25) is 0 Å². The van der Waals surface area contributed by atoms with Gasteiger partial charge in [-0.2, -0.15) is 0 Å². The molecule has 0 N–H and O–H groups in total. The number of benzene rings is 1. The highest BCUT2D eigenvalue weighted by Crippen LogP contribution is 2.34. The predicted octanol–water partition coefficient (Wildman–Crippen LogP) is 2.82. The monoisotopic (exact) mass is 437 g/mol. The summed E-state index contributed by atoms with van der Waals surface area (Å²) in [4.78, 5) is 40.9. The van der Waals surface area contributed by atoms with Crippen molar-refractivity contribution in [1.29, 1.82) is 0 Å². The molecule has 0 spiro atoms. The van der Waals surface area contributed by atoms with E-state index in [9.17, 15) is 9.59 Å². The number of carbonyl (C=O) groups excluding carboxylic acids is 2. The molecular formula is C24H31N5O3. The van der Waals surface area contributed by atoms with Gasteiger partial charge in [0, 0.05) is 51.7 Å². The van der Waals surface area contributed by atoms with Crippen molar-refractivity contribution in [3.63, 3.8) is 0 Å². The molecule has 170 valence electrons. The molecular weight excluding hydrogens is 406 g/mol. The first kappa shape index (κ1) is 22.0. The molecule has 0 saturated carbocycles. The van der Waals surface area contributed by atoms with Gasteiger partial charge in [0.25, 0.3) is 5.91 Å². The number of anilines is 1. The highest BCUT2D eigenvalue weighted by Gasteiger charge is 2.33. The molecule has 2 aliphatic heterocycles. The van der Waals surface area contributed by atoms with Crippen molar-refractivity contribution >= 4 is 17.6 Å². The van der Waals surface area contributed by atoms with Crippen LogP contribution in [-0.2, 0) is 17.8 Å². The van der Waals surface area contributed by atoms with Crippen LogP contribution in [0, 0.1) is 0 Å². The largest absolute Gasteiger partial charge is 0.497 e. The fraction of sp³-hybridized carbons (Fsp3) is 0.500. The zero-order valence-corrected chi connectivity index (χ0v) is 19.3. The number of nitrogens with zero attached hydrogens (tertiary/aromatic N) is 5. The zero-order valence-electron chi connectivity index (χ0n) is 19.3. The molecule has 8 nitrogen and oxygen atoms in total. The smallest absolute Gasteiger partial charge is 0.254 e. The van der Waals surface area contributed by atoms with E-state index in [0.29, 0.717) is 43.2 Å². The van der Waals surface area contributed by atoms with Crippen LogP contribution in [0.1, 0.15) is 59.7 Å². The van der Waals surface area contributed by atoms with Crippen molar-refractivity contribution < 1.29 is 14.3 Å². The van der Waals surface area contributed by atoms with Crippen LogP contribution in [-0.4, -0.2) is 65.9 Å². The molecule has 0 aliphatic carbocycles. The summed E-state index contributed by atoms with van der Waals surface area (Å²) in [5, 5.41) is 0. The summed E-state index contributed by atoms with van der Waals surface area (Å²) in [6, 6.07) is 7.11. The van der Waals surface area contributed by atoms with Crippen molar-refractivity contribution in [3.05, 3.63) is 46.9 Å². The predicted molar refractivity (Wildman–Crippen MR) is 122 cm³/mol. The molecule has 1 atom stereocenters. The molecule has 2 aliphatic rings. The lowest BCUT2D eigenvalue weighted by Crippen LogP contribution is -2.40. The Labute approximate surface area is 189 Å². The van der Waals surface area contributed by atoms with Gasteiger partial charge in [0.2, 0.25) is 5.91 Å². The van der Waals surface area contributed by atoms with Crippen LogP contribution >= 0.6 is 0 Å². The fourth-order valence-corrected chi connectivity index (χ4v) is 4.57. The van der Waals surface area contributed by atoms with Gasteiger partial charge in [-0.1, -0.05) is 6.07 Å². The molecule has 8 heteroatoms. The topological polar surface area (TPSA) is 78.9 Å². The Balaban J connectivity index is 1.70. The number of fused-ring (bicyclic) bond motifs is 1. The molecule has 2 amide bonds. The molecule has 1 aromatic heterocycles. The second-order valence-corrected chi connectivity index (χ2v) is 8.66. The summed E-state index contributed by atoms with van der Waals surface area (Å²) in [7, 11) is 5.52. The summed E-state index contributed by atoms with van der Waals surface area (Å²) in [6.45, 7) is 3.45. The number of hydrogen-bond donors (Lipinski definition) is 0. The van der Waals surface area contributed by atoms with Crippen molar-refractivity contribution in [2.45, 2.75) is 45.2 Å². The third kappa shape index (κ3) is 4.26. The molecule has 0 radical (unpaired) electrons. The maximum atomic E-state index is 13.4. The van der Waals surface area contributed by atoms with Gasteiger partial charge in [0.05, 0.1) is 25.4 Å². The molecule has 4 rings (SSSR count). The minimum atomic E-state index is -0.169. The van der Waals surface area contributed by atoms with E-state index < -0.39 is 0 Å². The summed E-state index contributed by atoms with van der Waals surface area (Å²) in [5.74, 6) is 2.23. The first-order chi connectivity index (χ1) is 15.4. The van der Waals surface area contributed by atoms with E-state index in [1.165, 1.54) is 0 Å². The zero-order chi connectivity index (χ0) is 22.8. The molecule has 32 heavy (non-hydrogen) atoms. The number of likely N-dealkylation sites (tertiary alicyclic amines) is 1. The number of aromatic nitrogens is 2. The third-order valence-corrected chi connectivity index (χ3v) is 6.30. The molecule has 1 aromatic carbocycles. The highest BCUT2D eigenvalue weighted by molar-refractivity contribution is 5.95. The van der Waals surface area contributed by atoms with E-state index in [1.807, 2.05) is 47.0 Å². The SMILES string of the molecule is COc1cccc(C(=O)N2CCCC[C@@H]2c2nc3c(c(N(C)C)n2)CN(C(C)=O)CC3)c1. The lowest BCUT2D eigenvalue weighted by molar-refractivity contribution is -0.129. The van der Waals surface area contributed by atoms with E-state index in [-0.39, 0.29) is 17.9 Å². The van der Waals surface area contributed by atoms with Crippen LogP contribution in [0.3, 0.4) is 0 Å². The quantitative estimate of drug-likeness (QED) is 0.732. The number of ether oxygens (including phenoxy) is 1. The van der Waals surface area contributed by atoms with Gasteiger partial charge in [-0.25, -0.2) is 9.97 Å². The summed E-state index contributed by atoms with van der Waals surface area (Å²) >= 11 is 0. The highest BCUT2D eigenvalue weighted by atomic mass is 16.5. The van der Waals surface area contributed by atoms with Gasteiger partial charge in [-0.15, -0.1) is 0 Å². The first-order valence-corrected chi connectivity index (χ1v) is 11.2. The van der Waals surface area contributed by atoms with Crippen LogP contribution in [0.25, 0.3) is 0 Å². The number of hydrogen-bond acceptors (Lipinski definition) is 6. The van der Waals surface area contributed by atoms with Crippen molar-refractivity contribution in [2.75, 3.05) is 39.2 Å². The Kier molecular flexibility index (Phi) is 6.30. The summed E-state index contributed by atoms with van der Waals surface area (Å²) in [5.41, 5.74) is 2.59. The Morgan fingerprint density at radius 1 is 1.16 bits per heavy atom. The van der Waals surface area contributed by atoms with Gasteiger partial charge >= 0.3 is 0 Å². The molecule has 0 unspecified atom stereocenters. The second-order valence-electron chi connectivity index (χ2n) is 8.66. The maximum Gasteiger partial charge on any atom is 0.254 e. The van der Waals surface area contributed by atoms with Crippen LogP contribution in [0.5, 0.6) is 5.75 Å². The number of rotatable bonds is 4. The average molecular weight is 438 g/mol. The lowest BCUT2D eigenvalue weighted by atomic mass is 9.98. The van der Waals surface area contributed by atoms with E-state index >= 15 is 0 Å². The maximum absolute atomic E-state index is 13.4. The molecule has 1 saturated heterocycles. The summed E-state index contributed by atoms with van der Waals surface area (Å²) < 4.78 is 5.30. The standard InChI is InChI=1S/C24H31N5O3/c1-16(30)28-13-11-20-19(15-28)23(27(2)3)26-22(25-20)21-10-5-6-12-29(21)24(31)17-8-7-9-18(14-17)32-4/h7-9,14,21H,5-6,10-13,15H2,1-4H3/t21-/m1/s1. The van der Waals surface area contributed by atoms with E-state index in [1.54, 1.807) is 20.1 Å². The molecule has 1 fully saturated rings. The third-order valence-electron chi connectivity index (χ3n) is 6.30. The van der Waals surface area contributed by atoms with Crippen molar-refractivity contribution in [2.24, 2.45) is 0 Å². The van der Waals surface area contributed by atoms with Crippen LogP contribution in [0.15, 0.2) is 24.3 Å². The number of carbonyl (C=O) groups is 2. The Morgan fingerprint density at radius 3 is 2.69 bits per heavy atom. The lowest BCUT2D eigenvalue weighted by Gasteiger charge is -2.36. The normalized spacial score (nSPS) is 18.2. The Morgan fingerprint density at radius 2 is 1.97 bits per heavy atom. The number of amides is 2. The van der Waals surface area contributed by atoms with E-state index in [2.05, 4.69) is 0 Å². The van der Waals surface area contributed by atoms with Crippen LogP contribution < -0.4 is 9.64 Å². The minimum Gasteiger partial charge on any atom is -0.497 e. The van der Waals surface area contributed by atoms with Crippen molar-refractivity contribution in [3.8, 4) is 5.75 Å². The van der Waals surface area contributed by atoms with Gasteiger partial charge in [0.1, 0.15) is 11.6 Å². The van der Waals surface area contributed by atoms with Gasteiger partial charge < -0.3 is 19.4 Å². The van der Waals surface area contributed by atoms with Gasteiger partial charge in [-0.05, 0) is 37.5 Å². The number of methoxy groups -OCH3 is 1. The first-order valence-electron chi connectivity index (χ1n) is 11.2. The average Bonchev–Trinajstić information content (AvgIpc) is 2.82.